The van der Waals surface area contributed by atoms with E-state index in [0.717, 1.165) is 11.3 Å². The highest BCUT2D eigenvalue weighted by molar-refractivity contribution is 5.57. The number of aryl methyl sites for hydroxylation is 1. The summed E-state index contributed by atoms with van der Waals surface area (Å²) < 4.78 is 0. The first-order valence-electron chi connectivity index (χ1n) is 8.17. The summed E-state index contributed by atoms with van der Waals surface area (Å²) in [5.41, 5.74) is 3.46. The van der Waals surface area contributed by atoms with Crippen molar-refractivity contribution in [3.05, 3.63) is 48.4 Å². The first-order valence-corrected chi connectivity index (χ1v) is 8.17. The minimum Gasteiger partial charge on any atom is -0.252 e. The molecule has 21 heavy (non-hydrogen) atoms. The molecule has 0 fully saturated rings. The van der Waals surface area contributed by atoms with Crippen molar-refractivity contribution in [3.63, 3.8) is 0 Å². The Morgan fingerprint density at radius 1 is 0.905 bits per heavy atom. The quantitative estimate of drug-likeness (QED) is 0.588. The van der Waals surface area contributed by atoms with Crippen molar-refractivity contribution in [2.24, 2.45) is 0 Å². The van der Waals surface area contributed by atoms with Crippen molar-refractivity contribution in [3.8, 4) is 11.3 Å². The molecule has 0 aliphatic carbocycles. The molecule has 0 amide bonds. The first kappa shape index (κ1) is 15.7. The second kappa shape index (κ2) is 9.28. The third-order valence-electron chi connectivity index (χ3n) is 3.84. The van der Waals surface area contributed by atoms with Gasteiger partial charge >= 0.3 is 0 Å². The monoisotopic (exact) mass is 281 g/mol. The van der Waals surface area contributed by atoms with Crippen LogP contribution in [0.4, 0.5) is 0 Å². The Bertz CT molecular complexity index is 491. The molecular formula is C19H25N2. The van der Waals surface area contributed by atoms with E-state index in [-0.39, 0.29) is 0 Å². The molecule has 0 unspecified atom stereocenters. The van der Waals surface area contributed by atoms with Gasteiger partial charge in [0.25, 0.3) is 0 Å². The Hall–Kier alpha value is -1.70. The maximum absolute atomic E-state index is 4.27. The Kier molecular flexibility index (Phi) is 6.93. The number of rotatable bonds is 9. The van der Waals surface area contributed by atoms with Crippen molar-refractivity contribution in [1.29, 1.82) is 0 Å². The molecule has 2 heteroatoms. The van der Waals surface area contributed by atoms with Crippen molar-refractivity contribution in [2.45, 2.75) is 58.3 Å². The average molecular weight is 281 g/mol. The Morgan fingerprint density at radius 3 is 2.29 bits per heavy atom. The maximum Gasteiger partial charge on any atom is 0.109 e. The van der Waals surface area contributed by atoms with Gasteiger partial charge in [-0.1, -0.05) is 69.7 Å². The summed E-state index contributed by atoms with van der Waals surface area (Å²) in [4.78, 5) is 8.26. The van der Waals surface area contributed by atoms with Gasteiger partial charge in [-0.3, -0.25) is 9.97 Å². The van der Waals surface area contributed by atoms with Gasteiger partial charge in [0.05, 0.1) is 18.1 Å². The third-order valence-corrected chi connectivity index (χ3v) is 3.84. The molecule has 0 aliphatic rings. The van der Waals surface area contributed by atoms with Gasteiger partial charge in [-0.2, -0.15) is 0 Å². The number of unbranched alkanes of at least 4 members (excludes halogenated alkanes) is 6. The highest BCUT2D eigenvalue weighted by Crippen LogP contribution is 2.17. The van der Waals surface area contributed by atoms with Gasteiger partial charge in [-0.25, -0.2) is 0 Å². The van der Waals surface area contributed by atoms with E-state index in [9.17, 15) is 0 Å². The topological polar surface area (TPSA) is 25.8 Å². The largest absolute Gasteiger partial charge is 0.252 e. The van der Waals surface area contributed by atoms with Crippen LogP contribution in [0.25, 0.3) is 11.3 Å². The molecule has 0 atom stereocenters. The van der Waals surface area contributed by atoms with Gasteiger partial charge < -0.3 is 0 Å². The third kappa shape index (κ3) is 5.66. The zero-order valence-electron chi connectivity index (χ0n) is 13.0. The summed E-state index contributed by atoms with van der Waals surface area (Å²) >= 11 is 0. The van der Waals surface area contributed by atoms with E-state index < -0.39 is 0 Å². The highest BCUT2D eigenvalue weighted by Gasteiger charge is 1.99. The van der Waals surface area contributed by atoms with Crippen LogP contribution < -0.4 is 0 Å². The van der Waals surface area contributed by atoms with Crippen LogP contribution in [0.2, 0.25) is 0 Å². The molecule has 111 valence electrons. The van der Waals surface area contributed by atoms with E-state index in [1.807, 2.05) is 0 Å². The zero-order valence-corrected chi connectivity index (χ0v) is 13.0. The van der Waals surface area contributed by atoms with Crippen LogP contribution in [0.3, 0.4) is 0 Å². The summed E-state index contributed by atoms with van der Waals surface area (Å²) in [5.74, 6) is 0. The van der Waals surface area contributed by atoms with E-state index in [1.165, 1.54) is 56.9 Å². The molecule has 0 aliphatic heterocycles. The van der Waals surface area contributed by atoms with E-state index in [4.69, 9.17) is 0 Å². The van der Waals surface area contributed by atoms with Gasteiger partial charge in [0.15, 0.2) is 0 Å². The van der Waals surface area contributed by atoms with E-state index in [2.05, 4.69) is 47.4 Å². The highest BCUT2D eigenvalue weighted by atomic mass is 14.8. The zero-order chi connectivity index (χ0) is 14.8. The van der Waals surface area contributed by atoms with Crippen LogP contribution in [-0.2, 0) is 6.42 Å². The molecule has 0 saturated heterocycles. The predicted octanol–water partition coefficient (Wildman–Crippen LogP) is 5.24. The fourth-order valence-corrected chi connectivity index (χ4v) is 2.54. The van der Waals surface area contributed by atoms with Crippen molar-refractivity contribution in [1.82, 2.24) is 9.97 Å². The summed E-state index contributed by atoms with van der Waals surface area (Å²) in [7, 11) is 0. The van der Waals surface area contributed by atoms with Crippen LogP contribution >= 0.6 is 0 Å². The van der Waals surface area contributed by atoms with Gasteiger partial charge in [-0.15, -0.1) is 0 Å². The number of benzene rings is 1. The van der Waals surface area contributed by atoms with Gasteiger partial charge in [0, 0.05) is 5.56 Å². The lowest BCUT2D eigenvalue weighted by Crippen LogP contribution is -1.88. The summed E-state index contributed by atoms with van der Waals surface area (Å²) in [5, 5.41) is 0. The second-order valence-corrected chi connectivity index (χ2v) is 5.60. The van der Waals surface area contributed by atoms with E-state index in [1.54, 1.807) is 12.4 Å². The van der Waals surface area contributed by atoms with Crippen LogP contribution in [0.5, 0.6) is 0 Å². The van der Waals surface area contributed by atoms with Crippen LogP contribution in [0.15, 0.2) is 36.7 Å². The van der Waals surface area contributed by atoms with Crippen molar-refractivity contribution in [2.75, 3.05) is 0 Å². The summed E-state index contributed by atoms with van der Waals surface area (Å²) in [6, 6.07) is 8.71. The molecule has 1 radical (unpaired) electrons. The minimum absolute atomic E-state index is 0.913. The van der Waals surface area contributed by atoms with Crippen molar-refractivity contribution >= 4 is 0 Å². The number of hydrogen-bond acceptors (Lipinski definition) is 2. The molecule has 2 nitrogen and oxygen atoms in total. The Labute approximate surface area is 128 Å². The lowest BCUT2D eigenvalue weighted by molar-refractivity contribution is 0.589. The van der Waals surface area contributed by atoms with Crippen molar-refractivity contribution < 1.29 is 0 Å². The molecule has 0 saturated carbocycles. The Balaban J connectivity index is 1.71. The lowest BCUT2D eigenvalue weighted by Gasteiger charge is -2.04. The second-order valence-electron chi connectivity index (χ2n) is 5.60. The smallest absolute Gasteiger partial charge is 0.109 e. The molecule has 0 N–H and O–H groups in total. The number of aromatic nitrogens is 2. The van der Waals surface area contributed by atoms with Gasteiger partial charge in [-0.05, 0) is 18.4 Å². The first-order chi connectivity index (χ1) is 10.4. The molecule has 1 aromatic heterocycles. The fourth-order valence-electron chi connectivity index (χ4n) is 2.54. The predicted molar refractivity (Wildman–Crippen MR) is 88.0 cm³/mol. The van der Waals surface area contributed by atoms with E-state index >= 15 is 0 Å². The summed E-state index contributed by atoms with van der Waals surface area (Å²) in [6.07, 6.45) is 16.8. The normalized spacial score (nSPS) is 10.7. The maximum atomic E-state index is 4.27. The number of nitrogens with zero attached hydrogens (tertiary/aromatic N) is 2. The van der Waals surface area contributed by atoms with Crippen LogP contribution in [-0.4, -0.2) is 9.97 Å². The standard InChI is InChI=1S/C19H25N2/c1-2-3-4-5-6-7-8-9-17-10-12-18(13-11-17)19-16-20-14-15-21-19/h10-13,15-16H,2-9H2,1H3. The summed E-state index contributed by atoms with van der Waals surface area (Å²) in [6.45, 7) is 2.27. The molecule has 0 bridgehead atoms. The molecular weight excluding hydrogens is 256 g/mol. The fraction of sp³-hybridized carbons (Fsp3) is 0.474. The minimum atomic E-state index is 0.913. The van der Waals surface area contributed by atoms with Gasteiger partial charge in [0.2, 0.25) is 0 Å². The molecule has 2 aromatic rings. The molecule has 2 rings (SSSR count). The molecule has 0 spiro atoms. The Morgan fingerprint density at radius 2 is 1.62 bits per heavy atom. The van der Waals surface area contributed by atoms with E-state index in [0.29, 0.717) is 0 Å². The van der Waals surface area contributed by atoms with Gasteiger partial charge in [0.1, 0.15) is 6.20 Å². The molecule has 1 aromatic carbocycles. The van der Waals surface area contributed by atoms with Crippen LogP contribution in [0.1, 0.15) is 57.4 Å². The molecule has 1 heterocycles. The lowest BCUT2D eigenvalue weighted by atomic mass is 10.0. The average Bonchev–Trinajstić information content (AvgIpc) is 2.55. The number of hydrogen-bond donors (Lipinski definition) is 0. The SMILES string of the molecule is CCCCCCCCCc1ccc(-c2cn[c]cn2)cc1. The van der Waals surface area contributed by atoms with Crippen LogP contribution in [0, 0.1) is 6.20 Å².